The first-order valence-electron chi connectivity index (χ1n) is 6.76. The zero-order valence-corrected chi connectivity index (χ0v) is 11.1. The Balaban J connectivity index is 1.68. The molecule has 1 saturated carbocycles. The Morgan fingerprint density at radius 2 is 1.85 bits per heavy atom. The van der Waals surface area contributed by atoms with Gasteiger partial charge in [-0.2, -0.15) is 0 Å². The summed E-state index contributed by atoms with van der Waals surface area (Å²) in [5.41, 5.74) is 0.964. The highest BCUT2D eigenvalue weighted by Gasteiger charge is 2.30. The molecule has 2 rings (SSSR count). The van der Waals surface area contributed by atoms with Crippen molar-refractivity contribution in [1.29, 1.82) is 0 Å². The van der Waals surface area contributed by atoms with Crippen molar-refractivity contribution >= 4 is 0 Å². The molecule has 1 aromatic carbocycles. The minimum absolute atomic E-state index is 0.182. The average molecular weight is 285 g/mol. The number of halogens is 3. The summed E-state index contributed by atoms with van der Waals surface area (Å²) in [5.74, 6) is -0.182. The van der Waals surface area contributed by atoms with Crippen molar-refractivity contribution < 1.29 is 17.9 Å². The van der Waals surface area contributed by atoms with Gasteiger partial charge in [0.25, 0.3) is 0 Å². The van der Waals surface area contributed by atoms with Crippen molar-refractivity contribution in [1.82, 2.24) is 5.32 Å². The maximum absolute atomic E-state index is 12.0. The SMILES string of the molecule is FC(F)(F)Oc1ccc(CC=CCCNC2CC2)cc1. The largest absolute Gasteiger partial charge is 0.573 e. The van der Waals surface area contributed by atoms with Crippen LogP contribution in [0.15, 0.2) is 36.4 Å². The van der Waals surface area contributed by atoms with E-state index < -0.39 is 6.36 Å². The fourth-order valence-corrected chi connectivity index (χ4v) is 1.82. The predicted molar refractivity (Wildman–Crippen MR) is 71.6 cm³/mol. The van der Waals surface area contributed by atoms with Gasteiger partial charge in [-0.15, -0.1) is 13.2 Å². The lowest BCUT2D eigenvalue weighted by Crippen LogP contribution is -2.17. The van der Waals surface area contributed by atoms with Gasteiger partial charge < -0.3 is 10.1 Å². The molecule has 0 heterocycles. The van der Waals surface area contributed by atoms with Crippen molar-refractivity contribution in [2.24, 2.45) is 0 Å². The first-order valence-corrected chi connectivity index (χ1v) is 6.76. The minimum atomic E-state index is -4.63. The number of rotatable bonds is 7. The van der Waals surface area contributed by atoms with Gasteiger partial charge in [0, 0.05) is 6.04 Å². The van der Waals surface area contributed by atoms with Crippen LogP contribution in [-0.4, -0.2) is 18.9 Å². The van der Waals surface area contributed by atoms with E-state index in [1.165, 1.54) is 25.0 Å². The molecule has 0 radical (unpaired) electrons. The average Bonchev–Trinajstić information content (AvgIpc) is 3.18. The van der Waals surface area contributed by atoms with E-state index in [0.717, 1.165) is 31.0 Å². The second-order valence-corrected chi connectivity index (χ2v) is 4.88. The number of hydrogen-bond acceptors (Lipinski definition) is 2. The Labute approximate surface area is 116 Å². The van der Waals surface area contributed by atoms with Gasteiger partial charge in [0.15, 0.2) is 0 Å². The van der Waals surface area contributed by atoms with Crippen LogP contribution < -0.4 is 10.1 Å². The van der Waals surface area contributed by atoms with Crippen molar-refractivity contribution in [3.05, 3.63) is 42.0 Å². The van der Waals surface area contributed by atoms with Crippen molar-refractivity contribution in [3.8, 4) is 5.75 Å². The van der Waals surface area contributed by atoms with Crippen molar-refractivity contribution in [3.63, 3.8) is 0 Å². The standard InChI is InChI=1S/C15H18F3NO/c16-15(17,18)20-14-9-5-12(6-10-14)4-2-1-3-11-19-13-7-8-13/h1-2,5-6,9-10,13,19H,3-4,7-8,11H2. The summed E-state index contributed by atoms with van der Waals surface area (Å²) in [6, 6.07) is 6.70. The second kappa shape index (κ2) is 6.79. The van der Waals surface area contributed by atoms with Gasteiger partial charge in [0.05, 0.1) is 0 Å². The highest BCUT2D eigenvalue weighted by atomic mass is 19.4. The number of allylic oxidation sites excluding steroid dienone is 1. The number of nitrogens with one attached hydrogen (secondary N) is 1. The minimum Gasteiger partial charge on any atom is -0.406 e. The number of alkyl halides is 3. The summed E-state index contributed by atoms with van der Waals surface area (Å²) in [6.07, 6.45) is 3.77. The molecule has 0 bridgehead atoms. The third kappa shape index (κ3) is 6.10. The van der Waals surface area contributed by atoms with Crippen LogP contribution >= 0.6 is 0 Å². The molecule has 0 aromatic heterocycles. The molecule has 110 valence electrons. The second-order valence-electron chi connectivity index (χ2n) is 4.88. The highest BCUT2D eigenvalue weighted by molar-refractivity contribution is 5.28. The fraction of sp³-hybridized carbons (Fsp3) is 0.467. The van der Waals surface area contributed by atoms with Gasteiger partial charge in [-0.05, 0) is 49.9 Å². The van der Waals surface area contributed by atoms with Gasteiger partial charge in [0.2, 0.25) is 0 Å². The molecule has 0 atom stereocenters. The first-order chi connectivity index (χ1) is 9.53. The van der Waals surface area contributed by atoms with Crippen molar-refractivity contribution in [2.75, 3.05) is 6.54 Å². The van der Waals surface area contributed by atoms with E-state index in [9.17, 15) is 13.2 Å². The molecular formula is C15H18F3NO. The maximum atomic E-state index is 12.0. The summed E-state index contributed by atoms with van der Waals surface area (Å²) in [6.45, 7) is 0.986. The number of benzene rings is 1. The van der Waals surface area contributed by atoms with E-state index >= 15 is 0 Å². The third-order valence-electron chi connectivity index (χ3n) is 3.00. The van der Waals surface area contributed by atoms with Crippen LogP contribution in [0.2, 0.25) is 0 Å². The van der Waals surface area contributed by atoms with Crippen LogP contribution in [0, 0.1) is 0 Å². The van der Waals surface area contributed by atoms with E-state index in [1.54, 1.807) is 12.1 Å². The lowest BCUT2D eigenvalue weighted by molar-refractivity contribution is -0.274. The topological polar surface area (TPSA) is 21.3 Å². The molecule has 5 heteroatoms. The van der Waals surface area contributed by atoms with Crippen LogP contribution in [0.5, 0.6) is 5.75 Å². The van der Waals surface area contributed by atoms with E-state index in [0.29, 0.717) is 0 Å². The summed E-state index contributed by atoms with van der Waals surface area (Å²) >= 11 is 0. The molecule has 20 heavy (non-hydrogen) atoms. The Kier molecular flexibility index (Phi) is 5.06. The zero-order chi connectivity index (χ0) is 14.4. The normalized spacial score (nSPS) is 15.8. The van der Waals surface area contributed by atoms with Gasteiger partial charge in [-0.1, -0.05) is 24.3 Å². The van der Waals surface area contributed by atoms with E-state index in [2.05, 4.69) is 16.1 Å². The van der Waals surface area contributed by atoms with Gasteiger partial charge in [-0.3, -0.25) is 0 Å². The molecule has 0 saturated heterocycles. The lowest BCUT2D eigenvalue weighted by atomic mass is 10.1. The Bertz CT molecular complexity index is 435. The molecule has 0 spiro atoms. The Hall–Kier alpha value is -1.49. The molecular weight excluding hydrogens is 267 g/mol. The van der Waals surface area contributed by atoms with E-state index in [-0.39, 0.29) is 5.75 Å². The van der Waals surface area contributed by atoms with Crippen LogP contribution in [0.25, 0.3) is 0 Å². The quantitative estimate of drug-likeness (QED) is 0.607. The molecule has 0 unspecified atom stereocenters. The number of ether oxygens (including phenoxy) is 1. The summed E-state index contributed by atoms with van der Waals surface area (Å²) in [4.78, 5) is 0. The van der Waals surface area contributed by atoms with Gasteiger partial charge in [-0.25, -0.2) is 0 Å². The number of hydrogen-bond donors (Lipinski definition) is 1. The predicted octanol–water partition coefficient (Wildman–Crippen LogP) is 3.83. The third-order valence-corrected chi connectivity index (χ3v) is 3.00. The van der Waals surface area contributed by atoms with Gasteiger partial charge >= 0.3 is 6.36 Å². The summed E-state index contributed by atoms with van der Waals surface area (Å²) < 4.78 is 39.8. The Morgan fingerprint density at radius 3 is 2.45 bits per heavy atom. The molecule has 0 amide bonds. The molecule has 1 N–H and O–H groups in total. The van der Waals surface area contributed by atoms with Crippen LogP contribution in [0.1, 0.15) is 24.8 Å². The van der Waals surface area contributed by atoms with Gasteiger partial charge in [0.1, 0.15) is 5.75 Å². The molecule has 1 aromatic rings. The van der Waals surface area contributed by atoms with Crippen LogP contribution in [0.4, 0.5) is 13.2 Å². The first kappa shape index (κ1) is 14.9. The van der Waals surface area contributed by atoms with E-state index in [4.69, 9.17) is 0 Å². The lowest BCUT2D eigenvalue weighted by Gasteiger charge is -2.08. The summed E-state index contributed by atoms with van der Waals surface area (Å²) in [7, 11) is 0. The molecule has 1 fully saturated rings. The maximum Gasteiger partial charge on any atom is 0.573 e. The van der Waals surface area contributed by atoms with E-state index in [1.807, 2.05) is 6.08 Å². The highest BCUT2D eigenvalue weighted by Crippen LogP contribution is 2.22. The van der Waals surface area contributed by atoms with Crippen molar-refractivity contribution in [2.45, 2.75) is 38.1 Å². The fourth-order valence-electron chi connectivity index (χ4n) is 1.82. The summed E-state index contributed by atoms with van der Waals surface area (Å²) in [5, 5.41) is 3.41. The zero-order valence-electron chi connectivity index (χ0n) is 11.1. The molecule has 0 aliphatic heterocycles. The molecule has 1 aliphatic rings. The Morgan fingerprint density at radius 1 is 1.15 bits per heavy atom. The molecule has 2 nitrogen and oxygen atoms in total. The molecule has 1 aliphatic carbocycles. The van der Waals surface area contributed by atoms with Crippen LogP contribution in [-0.2, 0) is 6.42 Å². The van der Waals surface area contributed by atoms with Crippen LogP contribution in [0.3, 0.4) is 0 Å². The smallest absolute Gasteiger partial charge is 0.406 e. The monoisotopic (exact) mass is 285 g/mol.